The lowest BCUT2D eigenvalue weighted by Crippen LogP contribution is -2.31. The van der Waals surface area contributed by atoms with E-state index in [1.807, 2.05) is 0 Å². The Morgan fingerprint density at radius 1 is 1.17 bits per heavy atom. The quantitative estimate of drug-likeness (QED) is 0.726. The minimum absolute atomic E-state index is 0.0231. The molecule has 7 heteroatoms. The van der Waals surface area contributed by atoms with Crippen molar-refractivity contribution in [2.75, 3.05) is 10.6 Å². The number of aliphatic hydroxyl groups excluding tert-OH is 1. The van der Waals surface area contributed by atoms with E-state index in [1.54, 1.807) is 31.2 Å². The normalized spacial score (nSPS) is 11.9. The van der Waals surface area contributed by atoms with Gasteiger partial charge in [-0.1, -0.05) is 12.1 Å². The smallest absolute Gasteiger partial charge is 0.387 e. The number of alkyl halides is 2. The van der Waals surface area contributed by atoms with Gasteiger partial charge in [-0.25, -0.2) is 0 Å². The first-order chi connectivity index (χ1) is 11.5. The van der Waals surface area contributed by atoms with Gasteiger partial charge in [0.2, 0.25) is 5.91 Å². The first-order valence-corrected chi connectivity index (χ1v) is 7.30. The highest BCUT2D eigenvalue weighted by molar-refractivity contribution is 5.96. The highest BCUT2D eigenvalue weighted by Gasteiger charge is 2.13. The molecule has 2 aromatic carbocycles. The zero-order chi connectivity index (χ0) is 17.5. The summed E-state index contributed by atoms with van der Waals surface area (Å²) in [6.07, 6.45) is 0. The number of halogens is 2. The number of amides is 1. The van der Waals surface area contributed by atoms with E-state index in [-0.39, 0.29) is 18.3 Å². The average Bonchev–Trinajstić information content (AvgIpc) is 2.56. The van der Waals surface area contributed by atoms with Crippen LogP contribution in [0.25, 0.3) is 0 Å². The van der Waals surface area contributed by atoms with Crippen LogP contribution in [0.5, 0.6) is 5.75 Å². The Morgan fingerprint density at radius 3 is 2.50 bits per heavy atom. The van der Waals surface area contributed by atoms with E-state index in [1.165, 1.54) is 24.3 Å². The topological polar surface area (TPSA) is 70.6 Å². The zero-order valence-corrected chi connectivity index (χ0v) is 13.0. The van der Waals surface area contributed by atoms with Crippen LogP contribution in [-0.2, 0) is 11.4 Å². The number of anilines is 2. The van der Waals surface area contributed by atoms with Crippen LogP contribution in [0, 0.1) is 0 Å². The third kappa shape index (κ3) is 5.20. The van der Waals surface area contributed by atoms with Gasteiger partial charge < -0.3 is 20.5 Å². The lowest BCUT2D eigenvalue weighted by atomic mass is 10.2. The Bertz CT molecular complexity index is 678. The Labute approximate surface area is 138 Å². The monoisotopic (exact) mass is 336 g/mol. The molecule has 0 fully saturated rings. The molecule has 128 valence electrons. The number of carbonyl (C=O) groups is 1. The first-order valence-electron chi connectivity index (χ1n) is 7.30. The number of aliphatic hydroxyl groups is 1. The van der Waals surface area contributed by atoms with Crippen molar-refractivity contribution < 1.29 is 23.4 Å². The van der Waals surface area contributed by atoms with Crippen LogP contribution in [0.15, 0.2) is 48.5 Å². The predicted molar refractivity (Wildman–Crippen MR) is 87.2 cm³/mol. The molecule has 0 aliphatic heterocycles. The number of nitrogens with one attached hydrogen (secondary N) is 2. The van der Waals surface area contributed by atoms with Crippen molar-refractivity contribution in [3.05, 3.63) is 54.1 Å². The van der Waals surface area contributed by atoms with Gasteiger partial charge in [-0.15, -0.1) is 0 Å². The summed E-state index contributed by atoms with van der Waals surface area (Å²) in [7, 11) is 0. The Morgan fingerprint density at radius 2 is 1.88 bits per heavy atom. The zero-order valence-electron chi connectivity index (χ0n) is 13.0. The van der Waals surface area contributed by atoms with E-state index in [4.69, 9.17) is 5.11 Å². The van der Waals surface area contributed by atoms with Crippen LogP contribution in [0.3, 0.4) is 0 Å². The van der Waals surface area contributed by atoms with Crippen molar-refractivity contribution in [3.8, 4) is 5.75 Å². The van der Waals surface area contributed by atoms with E-state index in [0.29, 0.717) is 11.4 Å². The summed E-state index contributed by atoms with van der Waals surface area (Å²) < 4.78 is 28.4. The third-order valence-electron chi connectivity index (χ3n) is 3.23. The summed E-state index contributed by atoms with van der Waals surface area (Å²) in [4.78, 5) is 12.2. The highest BCUT2D eigenvalue weighted by atomic mass is 19.3. The van der Waals surface area contributed by atoms with Crippen molar-refractivity contribution in [2.24, 2.45) is 0 Å². The number of hydrogen-bond acceptors (Lipinski definition) is 4. The summed E-state index contributed by atoms with van der Waals surface area (Å²) in [6.45, 7) is -1.28. The van der Waals surface area contributed by atoms with Crippen LogP contribution in [0.4, 0.5) is 20.2 Å². The standard InChI is InChI=1S/C17H18F2N2O3/c1-11(20-14-4-2-3-12(9-14)10-22)16(23)21-13-5-7-15(8-6-13)24-17(18)19/h2-9,11,17,20,22H,10H2,1H3,(H,21,23). The molecule has 0 heterocycles. The SMILES string of the molecule is CC(Nc1cccc(CO)c1)C(=O)Nc1ccc(OC(F)F)cc1. The molecule has 0 bridgehead atoms. The van der Waals surface area contributed by atoms with Crippen LogP contribution >= 0.6 is 0 Å². The van der Waals surface area contributed by atoms with Gasteiger partial charge in [-0.3, -0.25) is 4.79 Å². The van der Waals surface area contributed by atoms with Gasteiger partial charge in [0, 0.05) is 11.4 Å². The van der Waals surface area contributed by atoms with Crippen molar-refractivity contribution in [1.82, 2.24) is 0 Å². The number of benzene rings is 2. The minimum Gasteiger partial charge on any atom is -0.435 e. The molecule has 0 aromatic heterocycles. The number of rotatable bonds is 7. The van der Waals surface area contributed by atoms with Gasteiger partial charge in [0.15, 0.2) is 0 Å². The Kier molecular flexibility index (Phi) is 6.08. The van der Waals surface area contributed by atoms with E-state index in [2.05, 4.69) is 15.4 Å². The molecule has 5 nitrogen and oxygen atoms in total. The van der Waals surface area contributed by atoms with Crippen LogP contribution in [-0.4, -0.2) is 23.7 Å². The summed E-state index contributed by atoms with van der Waals surface area (Å²) in [5.41, 5.74) is 1.92. The maximum absolute atomic E-state index is 12.2. The highest BCUT2D eigenvalue weighted by Crippen LogP contribution is 2.18. The molecule has 1 unspecified atom stereocenters. The number of carbonyl (C=O) groups excluding carboxylic acids is 1. The van der Waals surface area contributed by atoms with Gasteiger partial charge in [0.25, 0.3) is 0 Å². The molecule has 0 spiro atoms. The molecule has 0 aliphatic rings. The Balaban J connectivity index is 1.93. The Hall–Kier alpha value is -2.67. The number of hydrogen-bond donors (Lipinski definition) is 3. The number of ether oxygens (including phenoxy) is 1. The van der Waals surface area contributed by atoms with Crippen molar-refractivity contribution in [2.45, 2.75) is 26.2 Å². The predicted octanol–water partition coefficient (Wildman–Crippen LogP) is 3.22. The molecule has 1 amide bonds. The fourth-order valence-electron chi connectivity index (χ4n) is 2.05. The second-order valence-corrected chi connectivity index (χ2v) is 5.12. The van der Waals surface area contributed by atoms with E-state index < -0.39 is 12.7 Å². The van der Waals surface area contributed by atoms with Crippen molar-refractivity contribution >= 4 is 17.3 Å². The summed E-state index contributed by atoms with van der Waals surface area (Å²) in [5, 5.41) is 14.8. The second-order valence-electron chi connectivity index (χ2n) is 5.12. The maximum Gasteiger partial charge on any atom is 0.387 e. The third-order valence-corrected chi connectivity index (χ3v) is 3.23. The molecule has 0 radical (unpaired) electrons. The maximum atomic E-state index is 12.2. The fraction of sp³-hybridized carbons (Fsp3) is 0.235. The lowest BCUT2D eigenvalue weighted by Gasteiger charge is -2.16. The van der Waals surface area contributed by atoms with E-state index >= 15 is 0 Å². The van der Waals surface area contributed by atoms with E-state index in [0.717, 1.165) is 5.56 Å². The molecular formula is C17H18F2N2O3. The minimum atomic E-state index is -2.88. The molecule has 0 saturated heterocycles. The van der Waals surface area contributed by atoms with Gasteiger partial charge in [0.05, 0.1) is 6.61 Å². The van der Waals surface area contributed by atoms with Gasteiger partial charge in [0.1, 0.15) is 11.8 Å². The van der Waals surface area contributed by atoms with Gasteiger partial charge in [-0.2, -0.15) is 8.78 Å². The molecule has 1 atom stereocenters. The molecule has 2 aromatic rings. The van der Waals surface area contributed by atoms with Crippen LogP contribution < -0.4 is 15.4 Å². The molecule has 0 saturated carbocycles. The van der Waals surface area contributed by atoms with Gasteiger partial charge in [-0.05, 0) is 48.9 Å². The molecule has 24 heavy (non-hydrogen) atoms. The van der Waals surface area contributed by atoms with E-state index in [9.17, 15) is 13.6 Å². The van der Waals surface area contributed by atoms with Crippen LogP contribution in [0.1, 0.15) is 12.5 Å². The molecule has 2 rings (SSSR count). The second kappa shape index (κ2) is 8.26. The fourth-order valence-corrected chi connectivity index (χ4v) is 2.05. The van der Waals surface area contributed by atoms with Crippen molar-refractivity contribution in [3.63, 3.8) is 0 Å². The summed E-state index contributed by atoms with van der Waals surface area (Å²) >= 11 is 0. The molecular weight excluding hydrogens is 318 g/mol. The molecule has 3 N–H and O–H groups in total. The lowest BCUT2D eigenvalue weighted by molar-refractivity contribution is -0.116. The molecule has 0 aliphatic carbocycles. The largest absolute Gasteiger partial charge is 0.435 e. The first kappa shape index (κ1) is 17.7. The average molecular weight is 336 g/mol. The van der Waals surface area contributed by atoms with Crippen molar-refractivity contribution in [1.29, 1.82) is 0 Å². The summed E-state index contributed by atoms with van der Waals surface area (Å²) in [6, 6.07) is 12.2. The summed E-state index contributed by atoms with van der Waals surface area (Å²) in [5.74, 6) is -0.262. The van der Waals surface area contributed by atoms with Gasteiger partial charge >= 0.3 is 6.61 Å². The van der Waals surface area contributed by atoms with Crippen LogP contribution in [0.2, 0.25) is 0 Å².